The summed E-state index contributed by atoms with van der Waals surface area (Å²) in [6.07, 6.45) is 5.51. The zero-order chi connectivity index (χ0) is 20.8. The quantitative estimate of drug-likeness (QED) is 0.383. The Morgan fingerprint density at radius 1 is 1.24 bits per heavy atom. The van der Waals surface area contributed by atoms with Crippen LogP contribution in [-0.2, 0) is 14.3 Å². The third-order valence-electron chi connectivity index (χ3n) is 4.69. The molecule has 6 nitrogen and oxygen atoms in total. The number of carbonyl (C=O) groups is 2. The monoisotopic (exact) mass is 416 g/mol. The molecule has 1 aliphatic carbocycles. The third kappa shape index (κ3) is 6.12. The molecule has 0 unspecified atom stereocenters. The zero-order valence-electron chi connectivity index (χ0n) is 16.6. The van der Waals surface area contributed by atoms with Crippen LogP contribution in [0.3, 0.4) is 0 Å². The molecule has 0 radical (unpaired) electrons. The first kappa shape index (κ1) is 21.0. The number of nitrogens with one attached hydrogen (secondary N) is 1. The van der Waals surface area contributed by atoms with Gasteiger partial charge < -0.3 is 19.4 Å². The van der Waals surface area contributed by atoms with Gasteiger partial charge in [0.2, 0.25) is 0 Å². The van der Waals surface area contributed by atoms with Gasteiger partial charge in [0, 0.05) is 28.5 Å². The van der Waals surface area contributed by atoms with E-state index in [9.17, 15) is 9.59 Å². The number of amides is 1. The number of hydrogen-bond donors (Lipinski definition) is 1. The van der Waals surface area contributed by atoms with E-state index in [1.165, 1.54) is 24.6 Å². The predicted octanol–water partition coefficient (Wildman–Crippen LogP) is 3.84. The summed E-state index contributed by atoms with van der Waals surface area (Å²) in [6.45, 7) is 4.41. The third-order valence-corrected chi connectivity index (χ3v) is 4.94. The van der Waals surface area contributed by atoms with E-state index in [2.05, 4.69) is 29.8 Å². The summed E-state index contributed by atoms with van der Waals surface area (Å²) in [4.78, 5) is 23.7. The van der Waals surface area contributed by atoms with Crippen molar-refractivity contribution in [3.05, 3.63) is 58.4 Å². The highest BCUT2D eigenvalue weighted by molar-refractivity contribution is 6.30. The fourth-order valence-corrected chi connectivity index (χ4v) is 3.28. The van der Waals surface area contributed by atoms with Crippen molar-refractivity contribution in [1.29, 1.82) is 0 Å². The topological polar surface area (TPSA) is 69.6 Å². The molecule has 29 heavy (non-hydrogen) atoms. The Balaban J connectivity index is 1.35. The van der Waals surface area contributed by atoms with Gasteiger partial charge in [0.1, 0.15) is 12.4 Å². The van der Waals surface area contributed by atoms with Gasteiger partial charge in [-0.05, 0) is 68.7 Å². The largest absolute Gasteiger partial charge is 0.492 e. The number of halogens is 1. The first-order chi connectivity index (χ1) is 13.9. The first-order valence-corrected chi connectivity index (χ1v) is 10.00. The van der Waals surface area contributed by atoms with Gasteiger partial charge in [-0.2, -0.15) is 0 Å². The van der Waals surface area contributed by atoms with Crippen molar-refractivity contribution in [1.82, 2.24) is 9.88 Å². The normalized spacial score (nSPS) is 13.5. The van der Waals surface area contributed by atoms with Gasteiger partial charge in [0.25, 0.3) is 5.91 Å². The number of rotatable bonds is 9. The van der Waals surface area contributed by atoms with Gasteiger partial charge in [-0.15, -0.1) is 0 Å². The lowest BCUT2D eigenvalue weighted by Crippen LogP contribution is -2.31. The van der Waals surface area contributed by atoms with Crippen molar-refractivity contribution in [3.63, 3.8) is 0 Å². The lowest BCUT2D eigenvalue weighted by Gasteiger charge is -2.08. The fraction of sp³-hybridized carbons (Fsp3) is 0.364. The molecular formula is C22H25ClN2O4. The molecule has 1 aliphatic rings. The molecule has 0 bridgehead atoms. The molecule has 0 atom stereocenters. The van der Waals surface area contributed by atoms with Crippen LogP contribution in [-0.4, -0.2) is 36.2 Å². The van der Waals surface area contributed by atoms with E-state index < -0.39 is 5.97 Å². The summed E-state index contributed by atoms with van der Waals surface area (Å²) < 4.78 is 12.8. The van der Waals surface area contributed by atoms with Gasteiger partial charge in [-0.1, -0.05) is 11.6 Å². The Morgan fingerprint density at radius 2 is 1.97 bits per heavy atom. The molecule has 1 heterocycles. The fourth-order valence-electron chi connectivity index (χ4n) is 3.15. The van der Waals surface area contributed by atoms with E-state index in [0.717, 1.165) is 11.3 Å². The summed E-state index contributed by atoms with van der Waals surface area (Å²) in [5, 5.41) is 3.27. The molecule has 0 saturated heterocycles. The van der Waals surface area contributed by atoms with Crippen LogP contribution in [0, 0.1) is 13.8 Å². The molecule has 3 rings (SSSR count). The SMILES string of the molecule is Cc1cc(/C=C/C(=O)OCC(=O)NCCOc2ccc(Cl)cc2)c(C)n1C1CC1. The van der Waals surface area contributed by atoms with Gasteiger partial charge in [-0.25, -0.2) is 4.79 Å². The van der Waals surface area contributed by atoms with E-state index in [1.807, 2.05) is 0 Å². The molecule has 0 spiro atoms. The number of benzene rings is 1. The molecule has 1 saturated carbocycles. The molecule has 7 heteroatoms. The molecule has 1 aromatic carbocycles. The maximum absolute atomic E-state index is 11.9. The van der Waals surface area contributed by atoms with Crippen LogP contribution in [0.25, 0.3) is 6.08 Å². The summed E-state index contributed by atoms with van der Waals surface area (Å²) in [5.41, 5.74) is 3.33. The summed E-state index contributed by atoms with van der Waals surface area (Å²) in [7, 11) is 0. The van der Waals surface area contributed by atoms with Crippen LogP contribution in [0.2, 0.25) is 5.02 Å². The predicted molar refractivity (Wildman–Crippen MR) is 112 cm³/mol. The second-order valence-electron chi connectivity index (χ2n) is 7.02. The number of carbonyl (C=O) groups excluding carboxylic acids is 2. The minimum atomic E-state index is -0.547. The lowest BCUT2D eigenvalue weighted by atomic mass is 10.2. The van der Waals surface area contributed by atoms with Crippen molar-refractivity contribution in [2.45, 2.75) is 32.7 Å². The Morgan fingerprint density at radius 3 is 2.66 bits per heavy atom. The number of esters is 1. The van der Waals surface area contributed by atoms with E-state index in [4.69, 9.17) is 21.1 Å². The maximum Gasteiger partial charge on any atom is 0.331 e. The van der Waals surface area contributed by atoms with Crippen LogP contribution >= 0.6 is 11.6 Å². The Labute approximate surface area is 175 Å². The van der Waals surface area contributed by atoms with E-state index in [1.54, 1.807) is 30.3 Å². The standard InChI is InChI=1S/C22H25ClN2O4/c1-15-13-17(16(2)25(15)19-6-7-19)3-10-22(27)29-14-21(26)24-11-12-28-20-8-4-18(23)5-9-20/h3-5,8-10,13,19H,6-7,11-12,14H2,1-2H3,(H,24,26)/b10-3+. The Hall–Kier alpha value is -2.73. The van der Waals surface area contributed by atoms with Crippen LogP contribution in [0.5, 0.6) is 5.75 Å². The summed E-state index contributed by atoms with van der Waals surface area (Å²) in [6, 6.07) is 9.61. The molecule has 154 valence electrons. The molecule has 1 amide bonds. The van der Waals surface area contributed by atoms with E-state index in [0.29, 0.717) is 30.0 Å². The smallest absolute Gasteiger partial charge is 0.331 e. The number of hydrogen-bond acceptors (Lipinski definition) is 4. The van der Waals surface area contributed by atoms with Gasteiger partial charge in [0.15, 0.2) is 6.61 Å². The van der Waals surface area contributed by atoms with Crippen molar-refractivity contribution >= 4 is 29.6 Å². The highest BCUT2D eigenvalue weighted by Gasteiger charge is 2.26. The van der Waals surface area contributed by atoms with Gasteiger partial charge >= 0.3 is 5.97 Å². The number of ether oxygens (including phenoxy) is 2. The average molecular weight is 417 g/mol. The van der Waals surface area contributed by atoms with Crippen LogP contribution in [0.4, 0.5) is 0 Å². The lowest BCUT2D eigenvalue weighted by molar-refractivity contribution is -0.143. The van der Waals surface area contributed by atoms with Crippen LogP contribution in [0.1, 0.15) is 35.8 Å². The maximum atomic E-state index is 11.9. The highest BCUT2D eigenvalue weighted by Crippen LogP contribution is 2.38. The number of aryl methyl sites for hydroxylation is 1. The molecule has 1 N–H and O–H groups in total. The zero-order valence-corrected chi connectivity index (χ0v) is 17.4. The Kier molecular flexibility index (Phi) is 6.99. The van der Waals surface area contributed by atoms with Crippen LogP contribution in [0.15, 0.2) is 36.4 Å². The average Bonchev–Trinajstić information content (AvgIpc) is 3.48. The summed E-state index contributed by atoms with van der Waals surface area (Å²) in [5.74, 6) is -0.256. The Bertz CT molecular complexity index is 898. The van der Waals surface area contributed by atoms with Crippen molar-refractivity contribution in [2.75, 3.05) is 19.8 Å². The minimum Gasteiger partial charge on any atom is -0.492 e. The summed E-state index contributed by atoms with van der Waals surface area (Å²) >= 11 is 5.80. The second-order valence-corrected chi connectivity index (χ2v) is 7.46. The first-order valence-electron chi connectivity index (χ1n) is 9.62. The number of nitrogens with zero attached hydrogens (tertiary/aromatic N) is 1. The van der Waals surface area contributed by atoms with Gasteiger partial charge in [-0.3, -0.25) is 4.79 Å². The van der Waals surface area contributed by atoms with Gasteiger partial charge in [0.05, 0.1) is 6.54 Å². The van der Waals surface area contributed by atoms with E-state index in [-0.39, 0.29) is 12.5 Å². The second kappa shape index (κ2) is 9.65. The highest BCUT2D eigenvalue weighted by atomic mass is 35.5. The van der Waals surface area contributed by atoms with Crippen molar-refractivity contribution in [2.24, 2.45) is 0 Å². The molecular weight excluding hydrogens is 392 g/mol. The molecule has 1 fully saturated rings. The van der Waals surface area contributed by atoms with Crippen LogP contribution < -0.4 is 10.1 Å². The number of aromatic nitrogens is 1. The minimum absolute atomic E-state index is 0.303. The van der Waals surface area contributed by atoms with Crippen molar-refractivity contribution in [3.8, 4) is 5.75 Å². The van der Waals surface area contributed by atoms with Crippen molar-refractivity contribution < 1.29 is 19.1 Å². The molecule has 1 aromatic heterocycles. The van der Waals surface area contributed by atoms with E-state index >= 15 is 0 Å². The molecule has 2 aromatic rings. The molecule has 0 aliphatic heterocycles.